The van der Waals surface area contributed by atoms with Crippen LogP contribution in [-0.2, 0) is 18.4 Å². The number of fused-ring (bicyclic) bond motifs is 2. The number of hydrogen-bond acceptors (Lipinski definition) is 4. The average molecular weight is 515 g/mol. The van der Waals surface area contributed by atoms with Gasteiger partial charge in [-0.3, -0.25) is 18.7 Å². The van der Waals surface area contributed by atoms with Gasteiger partial charge in [-0.1, -0.05) is 18.2 Å². The molecule has 3 heterocycles. The number of halogens is 1. The third-order valence-corrected chi connectivity index (χ3v) is 6.94. The molecule has 0 spiro atoms. The van der Waals surface area contributed by atoms with E-state index < -0.39 is 29.9 Å². The molecule has 0 amide bonds. The van der Waals surface area contributed by atoms with Crippen LogP contribution in [0.5, 0.6) is 0 Å². The summed E-state index contributed by atoms with van der Waals surface area (Å²) in [4.78, 5) is 42.6. The Morgan fingerprint density at radius 3 is 2.42 bits per heavy atom. The molecule has 0 aliphatic rings. The zero-order valence-corrected chi connectivity index (χ0v) is 21.5. The van der Waals surface area contributed by atoms with Crippen LogP contribution in [-0.4, -0.2) is 35.5 Å². The molecular formula is C29H27FN4O4. The van der Waals surface area contributed by atoms with E-state index in [-0.39, 0.29) is 23.7 Å². The van der Waals surface area contributed by atoms with Crippen molar-refractivity contribution in [1.82, 2.24) is 18.7 Å². The Morgan fingerprint density at radius 1 is 1.05 bits per heavy atom. The number of aryl methyl sites for hydroxylation is 3. The summed E-state index contributed by atoms with van der Waals surface area (Å²) in [6.45, 7) is 5.66. The van der Waals surface area contributed by atoms with Crippen molar-refractivity contribution in [2.45, 2.75) is 39.8 Å². The molecule has 2 aromatic carbocycles. The zero-order chi connectivity index (χ0) is 27.3. The number of carbonyl (C=O) groups excluding carboxylic acids is 1. The highest BCUT2D eigenvalue weighted by atomic mass is 19.1. The van der Waals surface area contributed by atoms with Gasteiger partial charge in [-0.2, -0.15) is 0 Å². The summed E-state index contributed by atoms with van der Waals surface area (Å²) in [5.74, 6) is -1.89. The van der Waals surface area contributed by atoms with Gasteiger partial charge in [0.1, 0.15) is 11.5 Å². The van der Waals surface area contributed by atoms with Gasteiger partial charge in [-0.05, 0) is 66.4 Å². The third kappa shape index (κ3) is 4.30. The van der Waals surface area contributed by atoms with Crippen molar-refractivity contribution in [3.05, 3.63) is 99.0 Å². The van der Waals surface area contributed by atoms with Gasteiger partial charge in [0.05, 0.1) is 24.5 Å². The van der Waals surface area contributed by atoms with Gasteiger partial charge in [-0.25, -0.2) is 14.2 Å². The first-order valence-corrected chi connectivity index (χ1v) is 12.2. The number of ketones is 1. The monoisotopic (exact) mass is 514 g/mol. The van der Waals surface area contributed by atoms with Crippen LogP contribution >= 0.6 is 0 Å². The third-order valence-electron chi connectivity index (χ3n) is 6.94. The number of carboxylic acids is 1. The van der Waals surface area contributed by atoms with Crippen LogP contribution in [0.25, 0.3) is 22.1 Å². The van der Waals surface area contributed by atoms with E-state index in [1.807, 2.05) is 31.7 Å². The molecule has 0 radical (unpaired) electrons. The highest BCUT2D eigenvalue weighted by molar-refractivity contribution is 5.94. The lowest BCUT2D eigenvalue weighted by Crippen LogP contribution is -2.30. The summed E-state index contributed by atoms with van der Waals surface area (Å²) in [6, 6.07) is 11.8. The van der Waals surface area contributed by atoms with Gasteiger partial charge in [-0.15, -0.1) is 0 Å². The minimum absolute atomic E-state index is 0.160. The first kappa shape index (κ1) is 25.1. The van der Waals surface area contributed by atoms with E-state index in [1.165, 1.54) is 35.8 Å². The lowest BCUT2D eigenvalue weighted by Gasteiger charge is -2.17. The molecule has 0 fully saturated rings. The van der Waals surface area contributed by atoms with E-state index in [4.69, 9.17) is 0 Å². The molecule has 0 aliphatic heterocycles. The molecule has 9 heteroatoms. The van der Waals surface area contributed by atoms with E-state index in [1.54, 1.807) is 16.7 Å². The summed E-state index contributed by atoms with van der Waals surface area (Å²) in [7, 11) is 1.95. The lowest BCUT2D eigenvalue weighted by molar-refractivity contribution is -0.137. The fourth-order valence-electron chi connectivity index (χ4n) is 5.29. The number of carbonyl (C=O) groups is 2. The second kappa shape index (κ2) is 9.41. The number of imidazole rings is 1. The summed E-state index contributed by atoms with van der Waals surface area (Å²) in [5.41, 5.74) is 4.99. The maximum absolute atomic E-state index is 14.0. The molecule has 3 aromatic heterocycles. The van der Waals surface area contributed by atoms with Gasteiger partial charge < -0.3 is 9.67 Å². The Morgan fingerprint density at radius 2 is 1.76 bits per heavy atom. The van der Waals surface area contributed by atoms with Crippen molar-refractivity contribution in [1.29, 1.82) is 0 Å². The summed E-state index contributed by atoms with van der Waals surface area (Å²) in [6.07, 6.45) is 1.56. The van der Waals surface area contributed by atoms with E-state index in [2.05, 4.69) is 17.1 Å². The molecule has 38 heavy (non-hydrogen) atoms. The van der Waals surface area contributed by atoms with Gasteiger partial charge in [0.15, 0.2) is 11.4 Å². The van der Waals surface area contributed by atoms with Crippen LogP contribution < -0.4 is 5.69 Å². The van der Waals surface area contributed by atoms with Crippen molar-refractivity contribution >= 4 is 33.8 Å². The minimum Gasteiger partial charge on any atom is -0.481 e. The van der Waals surface area contributed by atoms with Crippen LogP contribution in [0.2, 0.25) is 0 Å². The molecule has 1 unspecified atom stereocenters. The second-order valence-corrected chi connectivity index (χ2v) is 9.74. The van der Waals surface area contributed by atoms with Gasteiger partial charge in [0, 0.05) is 31.1 Å². The Hall–Kier alpha value is -4.53. The number of hydrogen-bond donors (Lipinski definition) is 1. The van der Waals surface area contributed by atoms with Crippen LogP contribution in [0, 0.1) is 19.7 Å². The number of aliphatic carboxylic acids is 1. The van der Waals surface area contributed by atoms with Crippen LogP contribution in [0.1, 0.15) is 52.1 Å². The fourth-order valence-corrected chi connectivity index (χ4v) is 5.29. The zero-order valence-electron chi connectivity index (χ0n) is 21.5. The molecule has 1 N–H and O–H groups in total. The predicted octanol–water partition coefficient (Wildman–Crippen LogP) is 4.76. The molecule has 1 atom stereocenters. The number of Topliss-reactive ketones (excluding diaryl/α,β-unsaturated/α-hetero) is 1. The normalized spacial score (nSPS) is 12.3. The van der Waals surface area contributed by atoms with Crippen molar-refractivity contribution in [3.8, 4) is 0 Å². The average Bonchev–Trinajstić information content (AvgIpc) is 3.31. The second-order valence-electron chi connectivity index (χ2n) is 9.74. The SMILES string of the molecule is CC(=O)c1ccc2c(n1)n(C(CC(=O)O)c1ccc(F)cc1)c(=O)n2Cc1cn(C)c2cc(C)cc(C)c12. The van der Waals surface area contributed by atoms with Crippen LogP contribution in [0.3, 0.4) is 0 Å². The highest BCUT2D eigenvalue weighted by Crippen LogP contribution is 2.29. The molecule has 0 saturated carbocycles. The summed E-state index contributed by atoms with van der Waals surface area (Å²) in [5, 5.41) is 10.8. The van der Waals surface area contributed by atoms with Crippen LogP contribution in [0.4, 0.5) is 4.39 Å². The number of pyridine rings is 1. The summed E-state index contributed by atoms with van der Waals surface area (Å²) >= 11 is 0. The Bertz CT molecular complexity index is 1790. The standard InChI is InChI=1S/C29H27FN4O4/c1-16-11-17(2)27-20(14-32(4)25(27)12-16)15-33-23-10-9-22(18(3)35)31-28(23)34(29(33)38)24(13-26(36)37)19-5-7-21(30)8-6-19/h5-12,14,24H,13,15H2,1-4H3,(H,36,37). The van der Waals surface area contributed by atoms with E-state index in [0.717, 1.165) is 27.6 Å². The molecule has 5 aromatic rings. The van der Waals surface area contributed by atoms with Gasteiger partial charge in [0.2, 0.25) is 0 Å². The van der Waals surface area contributed by atoms with Crippen molar-refractivity contribution in [2.24, 2.45) is 7.05 Å². The maximum atomic E-state index is 14.0. The number of nitrogens with zero attached hydrogens (tertiary/aromatic N) is 4. The molecular weight excluding hydrogens is 487 g/mol. The fraction of sp³-hybridized carbons (Fsp3) is 0.241. The van der Waals surface area contributed by atoms with Crippen molar-refractivity contribution in [3.63, 3.8) is 0 Å². The van der Waals surface area contributed by atoms with E-state index in [9.17, 15) is 23.9 Å². The highest BCUT2D eigenvalue weighted by Gasteiger charge is 2.26. The Labute approximate surface area is 217 Å². The number of benzene rings is 2. The first-order chi connectivity index (χ1) is 18.0. The molecule has 0 bridgehead atoms. The quantitative estimate of drug-likeness (QED) is 0.316. The Balaban J connectivity index is 1.77. The smallest absolute Gasteiger partial charge is 0.331 e. The summed E-state index contributed by atoms with van der Waals surface area (Å²) < 4.78 is 18.6. The van der Waals surface area contributed by atoms with Crippen molar-refractivity contribution < 1.29 is 19.1 Å². The molecule has 0 saturated heterocycles. The first-order valence-electron chi connectivity index (χ1n) is 12.2. The van der Waals surface area contributed by atoms with E-state index >= 15 is 0 Å². The largest absolute Gasteiger partial charge is 0.481 e. The molecule has 8 nitrogen and oxygen atoms in total. The Kier molecular flexibility index (Phi) is 6.22. The number of aromatic nitrogens is 4. The molecule has 5 rings (SSSR count). The van der Waals surface area contributed by atoms with Crippen molar-refractivity contribution in [2.75, 3.05) is 0 Å². The maximum Gasteiger partial charge on any atom is 0.331 e. The predicted molar refractivity (Wildman–Crippen MR) is 142 cm³/mol. The van der Waals surface area contributed by atoms with Gasteiger partial charge in [0.25, 0.3) is 0 Å². The molecule has 194 valence electrons. The van der Waals surface area contributed by atoms with Crippen LogP contribution in [0.15, 0.2) is 59.5 Å². The molecule has 0 aliphatic carbocycles. The van der Waals surface area contributed by atoms with E-state index in [0.29, 0.717) is 11.1 Å². The van der Waals surface area contributed by atoms with Gasteiger partial charge >= 0.3 is 11.7 Å². The minimum atomic E-state index is -1.13. The number of carboxylic acid groups (broad SMARTS) is 1. The number of rotatable bonds is 7. The lowest BCUT2D eigenvalue weighted by atomic mass is 10.0. The topological polar surface area (TPSA) is 99.1 Å².